The first-order chi connectivity index (χ1) is 12.0. The number of carbonyl (C=O) groups is 1. The standard InChI is InChI=1S/C18H20N6O/c1-13-9-10-14(2)16(11-13)19-17(25)12-23(3)18-20-21-22-24(18)15-7-5-4-6-8-15/h4-11H,12H2,1-3H3,(H,19,25). The molecule has 0 atom stereocenters. The monoisotopic (exact) mass is 336 g/mol. The summed E-state index contributed by atoms with van der Waals surface area (Å²) in [6.07, 6.45) is 0. The molecule has 0 radical (unpaired) electrons. The smallest absolute Gasteiger partial charge is 0.250 e. The Morgan fingerprint density at radius 1 is 1.16 bits per heavy atom. The van der Waals surface area contributed by atoms with Gasteiger partial charge in [-0.15, -0.1) is 0 Å². The Kier molecular flexibility index (Phi) is 4.74. The summed E-state index contributed by atoms with van der Waals surface area (Å²) >= 11 is 0. The van der Waals surface area contributed by atoms with Crippen LogP contribution in [-0.2, 0) is 4.79 Å². The van der Waals surface area contributed by atoms with Crippen molar-refractivity contribution in [1.82, 2.24) is 20.2 Å². The zero-order valence-corrected chi connectivity index (χ0v) is 14.5. The molecule has 7 heteroatoms. The Morgan fingerprint density at radius 2 is 1.92 bits per heavy atom. The van der Waals surface area contributed by atoms with Crippen molar-refractivity contribution in [3.05, 3.63) is 59.7 Å². The van der Waals surface area contributed by atoms with E-state index in [1.54, 1.807) is 16.6 Å². The Hall–Kier alpha value is -3.22. The van der Waals surface area contributed by atoms with Crippen LogP contribution in [0.1, 0.15) is 11.1 Å². The van der Waals surface area contributed by atoms with Crippen molar-refractivity contribution in [3.63, 3.8) is 0 Å². The van der Waals surface area contributed by atoms with E-state index in [0.717, 1.165) is 22.5 Å². The number of nitrogens with zero attached hydrogens (tertiary/aromatic N) is 5. The SMILES string of the molecule is Cc1ccc(C)c(NC(=O)CN(C)c2nnnn2-c2ccccc2)c1. The number of amides is 1. The quantitative estimate of drug-likeness (QED) is 0.774. The number of para-hydroxylation sites is 1. The highest BCUT2D eigenvalue weighted by Gasteiger charge is 2.16. The normalized spacial score (nSPS) is 10.5. The van der Waals surface area contributed by atoms with E-state index < -0.39 is 0 Å². The number of carbonyl (C=O) groups excluding carboxylic acids is 1. The van der Waals surface area contributed by atoms with E-state index in [2.05, 4.69) is 20.8 Å². The van der Waals surface area contributed by atoms with Crippen LogP contribution in [0.3, 0.4) is 0 Å². The molecule has 7 nitrogen and oxygen atoms in total. The zero-order chi connectivity index (χ0) is 17.8. The highest BCUT2D eigenvalue weighted by Crippen LogP contribution is 2.17. The maximum Gasteiger partial charge on any atom is 0.250 e. The number of aryl methyl sites for hydroxylation is 2. The van der Waals surface area contributed by atoms with Crippen molar-refractivity contribution in [2.24, 2.45) is 0 Å². The molecule has 25 heavy (non-hydrogen) atoms. The summed E-state index contributed by atoms with van der Waals surface area (Å²) in [5, 5.41) is 14.7. The third-order valence-corrected chi connectivity index (χ3v) is 3.84. The molecule has 0 aliphatic carbocycles. The van der Waals surface area contributed by atoms with Gasteiger partial charge in [-0.1, -0.05) is 35.4 Å². The summed E-state index contributed by atoms with van der Waals surface area (Å²) in [5.41, 5.74) is 3.78. The van der Waals surface area contributed by atoms with Crippen LogP contribution in [-0.4, -0.2) is 39.7 Å². The second-order valence-corrected chi connectivity index (χ2v) is 5.95. The average molecular weight is 336 g/mol. The fourth-order valence-electron chi connectivity index (χ4n) is 2.50. The van der Waals surface area contributed by atoms with E-state index >= 15 is 0 Å². The van der Waals surface area contributed by atoms with Crippen molar-refractivity contribution in [2.75, 3.05) is 23.8 Å². The number of hydrogen-bond donors (Lipinski definition) is 1. The lowest BCUT2D eigenvalue weighted by Crippen LogP contribution is -2.32. The molecule has 0 spiro atoms. The molecule has 0 unspecified atom stereocenters. The van der Waals surface area contributed by atoms with Crippen LogP contribution in [0.2, 0.25) is 0 Å². The van der Waals surface area contributed by atoms with Gasteiger partial charge in [0.25, 0.3) is 5.95 Å². The maximum absolute atomic E-state index is 12.4. The number of benzene rings is 2. The van der Waals surface area contributed by atoms with Crippen LogP contribution in [0.25, 0.3) is 5.69 Å². The molecule has 1 aromatic heterocycles. The molecule has 1 heterocycles. The first-order valence-electron chi connectivity index (χ1n) is 7.96. The van der Waals surface area contributed by atoms with Crippen LogP contribution in [0.4, 0.5) is 11.6 Å². The van der Waals surface area contributed by atoms with Crippen LogP contribution in [0.15, 0.2) is 48.5 Å². The highest BCUT2D eigenvalue weighted by molar-refractivity contribution is 5.94. The minimum Gasteiger partial charge on any atom is -0.333 e. The van der Waals surface area contributed by atoms with Crippen molar-refractivity contribution in [3.8, 4) is 5.69 Å². The molecule has 128 valence electrons. The van der Waals surface area contributed by atoms with E-state index in [1.807, 2.05) is 62.4 Å². The average Bonchev–Trinajstić information content (AvgIpc) is 3.09. The second kappa shape index (κ2) is 7.12. The summed E-state index contributed by atoms with van der Waals surface area (Å²) in [7, 11) is 1.79. The van der Waals surface area contributed by atoms with Gasteiger partial charge in [0.05, 0.1) is 12.2 Å². The van der Waals surface area contributed by atoms with Crippen LogP contribution < -0.4 is 10.2 Å². The molecular formula is C18H20N6O. The van der Waals surface area contributed by atoms with Crippen molar-refractivity contribution >= 4 is 17.5 Å². The summed E-state index contributed by atoms with van der Waals surface area (Å²) in [5.74, 6) is 0.376. The summed E-state index contributed by atoms with van der Waals surface area (Å²) < 4.78 is 1.60. The maximum atomic E-state index is 12.4. The number of likely N-dealkylation sites (N-methyl/N-ethyl adjacent to an activating group) is 1. The van der Waals surface area contributed by atoms with Crippen LogP contribution in [0.5, 0.6) is 0 Å². The van der Waals surface area contributed by atoms with E-state index in [4.69, 9.17) is 0 Å². The minimum absolute atomic E-state index is 0.126. The van der Waals surface area contributed by atoms with E-state index in [-0.39, 0.29) is 12.5 Å². The van der Waals surface area contributed by atoms with Gasteiger partial charge in [-0.3, -0.25) is 4.79 Å². The molecule has 0 fully saturated rings. The number of hydrogen-bond acceptors (Lipinski definition) is 5. The molecule has 3 rings (SSSR count). The highest BCUT2D eigenvalue weighted by atomic mass is 16.2. The van der Waals surface area contributed by atoms with E-state index in [0.29, 0.717) is 5.95 Å². The predicted octanol–water partition coefficient (Wildman–Crippen LogP) is 2.35. The van der Waals surface area contributed by atoms with Gasteiger partial charge in [0, 0.05) is 12.7 Å². The number of nitrogens with one attached hydrogen (secondary N) is 1. The van der Waals surface area contributed by atoms with Gasteiger partial charge in [0.2, 0.25) is 5.91 Å². The number of tetrazole rings is 1. The van der Waals surface area contributed by atoms with Gasteiger partial charge < -0.3 is 10.2 Å². The lowest BCUT2D eigenvalue weighted by Gasteiger charge is -2.18. The Labute approximate surface area is 146 Å². The van der Waals surface area contributed by atoms with Gasteiger partial charge in [-0.05, 0) is 53.6 Å². The first-order valence-corrected chi connectivity index (χ1v) is 7.96. The van der Waals surface area contributed by atoms with Gasteiger partial charge in [0.1, 0.15) is 0 Å². The number of anilines is 2. The Morgan fingerprint density at radius 3 is 2.68 bits per heavy atom. The Balaban J connectivity index is 1.73. The third-order valence-electron chi connectivity index (χ3n) is 3.84. The lowest BCUT2D eigenvalue weighted by molar-refractivity contribution is -0.114. The molecular weight excluding hydrogens is 316 g/mol. The molecule has 1 N–H and O–H groups in total. The zero-order valence-electron chi connectivity index (χ0n) is 14.5. The van der Waals surface area contributed by atoms with Crippen LogP contribution >= 0.6 is 0 Å². The molecule has 0 saturated heterocycles. The summed E-state index contributed by atoms with van der Waals surface area (Å²) in [4.78, 5) is 14.1. The number of aromatic nitrogens is 4. The van der Waals surface area contributed by atoms with Crippen molar-refractivity contribution in [1.29, 1.82) is 0 Å². The summed E-state index contributed by atoms with van der Waals surface area (Å²) in [6.45, 7) is 4.10. The largest absolute Gasteiger partial charge is 0.333 e. The van der Waals surface area contributed by atoms with Crippen molar-refractivity contribution in [2.45, 2.75) is 13.8 Å². The van der Waals surface area contributed by atoms with Crippen LogP contribution in [0, 0.1) is 13.8 Å². The second-order valence-electron chi connectivity index (χ2n) is 5.95. The molecule has 0 bridgehead atoms. The topological polar surface area (TPSA) is 75.9 Å². The molecule has 0 aliphatic heterocycles. The van der Waals surface area contributed by atoms with E-state index in [1.165, 1.54) is 0 Å². The molecule has 1 amide bonds. The molecule has 3 aromatic rings. The fourth-order valence-corrected chi connectivity index (χ4v) is 2.50. The third kappa shape index (κ3) is 3.82. The Bertz CT molecular complexity index is 874. The first kappa shape index (κ1) is 16.6. The fraction of sp³-hybridized carbons (Fsp3) is 0.222. The van der Waals surface area contributed by atoms with Gasteiger partial charge in [0.15, 0.2) is 0 Å². The van der Waals surface area contributed by atoms with Gasteiger partial charge in [-0.25, -0.2) is 0 Å². The predicted molar refractivity (Wildman–Crippen MR) is 97.0 cm³/mol. The van der Waals surface area contributed by atoms with E-state index in [9.17, 15) is 4.79 Å². The van der Waals surface area contributed by atoms with Gasteiger partial charge in [-0.2, -0.15) is 4.68 Å². The van der Waals surface area contributed by atoms with Gasteiger partial charge >= 0.3 is 0 Å². The summed E-state index contributed by atoms with van der Waals surface area (Å²) in [6, 6.07) is 15.5. The molecule has 0 saturated carbocycles. The molecule has 2 aromatic carbocycles. The molecule has 0 aliphatic rings. The number of rotatable bonds is 5. The van der Waals surface area contributed by atoms with Crippen molar-refractivity contribution < 1.29 is 4.79 Å². The lowest BCUT2D eigenvalue weighted by atomic mass is 10.1. The minimum atomic E-state index is -0.126.